The van der Waals surface area contributed by atoms with Crippen LogP contribution in [0.3, 0.4) is 0 Å². The van der Waals surface area contributed by atoms with Crippen LogP contribution in [-0.4, -0.2) is 24.3 Å². The minimum Gasteiger partial charge on any atom is -0.468 e. The van der Waals surface area contributed by atoms with Crippen molar-refractivity contribution in [3.05, 3.63) is 47.1 Å². The maximum absolute atomic E-state index is 12.5. The zero-order valence-corrected chi connectivity index (χ0v) is 12.7. The molecule has 0 bridgehead atoms. The quantitative estimate of drug-likeness (QED) is 0.836. The summed E-state index contributed by atoms with van der Waals surface area (Å²) in [7, 11) is -3.57. The maximum atomic E-state index is 12.5. The van der Waals surface area contributed by atoms with E-state index in [0.29, 0.717) is 16.8 Å². The Balaban J connectivity index is 2.31. The summed E-state index contributed by atoms with van der Waals surface area (Å²) in [6.45, 7) is 2.35. The summed E-state index contributed by atoms with van der Waals surface area (Å²) >= 11 is 3.22. The summed E-state index contributed by atoms with van der Waals surface area (Å²) < 4.78 is 32.1. The Hall–Kier alpha value is -1.18. The van der Waals surface area contributed by atoms with Crippen molar-refractivity contribution in [2.24, 2.45) is 0 Å². The van der Waals surface area contributed by atoms with Gasteiger partial charge >= 0.3 is 0 Å². The lowest BCUT2D eigenvalue weighted by atomic mass is 10.4. The molecule has 0 fully saturated rings. The summed E-state index contributed by atoms with van der Waals surface area (Å²) in [4.78, 5) is 4.05. The van der Waals surface area contributed by atoms with E-state index in [4.69, 9.17) is 4.42 Å². The van der Waals surface area contributed by atoms with Gasteiger partial charge in [-0.25, -0.2) is 8.42 Å². The molecule has 2 heterocycles. The van der Waals surface area contributed by atoms with Crippen molar-refractivity contribution in [3.8, 4) is 0 Å². The summed E-state index contributed by atoms with van der Waals surface area (Å²) in [5.74, 6) is 0.605. The molecule has 2 rings (SSSR count). The van der Waals surface area contributed by atoms with Crippen molar-refractivity contribution in [2.75, 3.05) is 6.54 Å². The standard InChI is InChI=1S/C12H13BrN2O3S/c1-2-15(9-11-4-3-5-18-11)19(16,17)12-6-10(13)7-14-8-12/h3-8H,2,9H2,1H3. The van der Waals surface area contributed by atoms with Gasteiger partial charge in [-0.1, -0.05) is 6.92 Å². The molecule has 7 heteroatoms. The number of hydrogen-bond donors (Lipinski definition) is 0. The van der Waals surface area contributed by atoms with Gasteiger partial charge in [0.15, 0.2) is 0 Å². The van der Waals surface area contributed by atoms with E-state index in [1.807, 2.05) is 0 Å². The van der Waals surface area contributed by atoms with Gasteiger partial charge in [0.05, 0.1) is 12.8 Å². The fraction of sp³-hybridized carbons (Fsp3) is 0.250. The Kier molecular flexibility index (Phi) is 4.38. The molecule has 0 amide bonds. The van der Waals surface area contributed by atoms with Crippen molar-refractivity contribution in [1.82, 2.24) is 9.29 Å². The van der Waals surface area contributed by atoms with Gasteiger partial charge in [0.2, 0.25) is 10.0 Å². The average Bonchev–Trinajstić information content (AvgIpc) is 2.88. The molecule has 0 aliphatic rings. The molecule has 19 heavy (non-hydrogen) atoms. The second kappa shape index (κ2) is 5.85. The summed E-state index contributed by atoms with van der Waals surface area (Å²) in [6.07, 6.45) is 4.41. The van der Waals surface area contributed by atoms with Gasteiger partial charge in [-0.2, -0.15) is 4.31 Å². The summed E-state index contributed by atoms with van der Waals surface area (Å²) in [5, 5.41) is 0. The first-order valence-electron chi connectivity index (χ1n) is 5.67. The van der Waals surface area contributed by atoms with Crippen LogP contribution in [0, 0.1) is 0 Å². The lowest BCUT2D eigenvalue weighted by molar-refractivity contribution is 0.375. The second-order valence-corrected chi connectivity index (χ2v) is 6.70. The van der Waals surface area contributed by atoms with Gasteiger partial charge < -0.3 is 4.42 Å². The monoisotopic (exact) mass is 344 g/mol. The van der Waals surface area contributed by atoms with E-state index < -0.39 is 10.0 Å². The molecule has 102 valence electrons. The van der Waals surface area contributed by atoms with Gasteiger partial charge in [0.1, 0.15) is 10.7 Å². The average molecular weight is 345 g/mol. The first kappa shape index (κ1) is 14.2. The van der Waals surface area contributed by atoms with Crippen LogP contribution in [-0.2, 0) is 16.6 Å². The van der Waals surface area contributed by atoms with Crippen molar-refractivity contribution < 1.29 is 12.8 Å². The van der Waals surface area contributed by atoms with E-state index in [1.54, 1.807) is 25.3 Å². The molecule has 0 atom stereocenters. The number of halogens is 1. The molecular formula is C12H13BrN2O3S. The molecule has 2 aromatic rings. The number of pyridine rings is 1. The highest BCUT2D eigenvalue weighted by Gasteiger charge is 2.24. The van der Waals surface area contributed by atoms with Gasteiger partial charge in [-0.15, -0.1) is 0 Å². The Morgan fingerprint density at radius 3 is 2.79 bits per heavy atom. The number of nitrogens with zero attached hydrogens (tertiary/aromatic N) is 2. The van der Waals surface area contributed by atoms with Crippen molar-refractivity contribution in [3.63, 3.8) is 0 Å². The van der Waals surface area contributed by atoms with Crippen LogP contribution in [0.1, 0.15) is 12.7 Å². The SMILES string of the molecule is CCN(Cc1ccco1)S(=O)(=O)c1cncc(Br)c1. The fourth-order valence-corrected chi connectivity index (χ4v) is 3.55. The normalized spacial score (nSPS) is 11.9. The van der Waals surface area contributed by atoms with E-state index in [-0.39, 0.29) is 11.4 Å². The van der Waals surface area contributed by atoms with Crippen molar-refractivity contribution in [2.45, 2.75) is 18.4 Å². The predicted molar refractivity (Wildman–Crippen MR) is 73.9 cm³/mol. The molecule has 2 aromatic heterocycles. The van der Waals surface area contributed by atoms with Gasteiger partial charge in [0.25, 0.3) is 0 Å². The van der Waals surface area contributed by atoms with Crippen LogP contribution in [0.2, 0.25) is 0 Å². The molecule has 0 spiro atoms. The zero-order chi connectivity index (χ0) is 13.9. The molecule has 0 aromatic carbocycles. The number of rotatable bonds is 5. The van der Waals surface area contributed by atoms with E-state index in [2.05, 4.69) is 20.9 Å². The topological polar surface area (TPSA) is 63.4 Å². The van der Waals surface area contributed by atoms with Crippen LogP contribution < -0.4 is 0 Å². The summed E-state index contributed by atoms with van der Waals surface area (Å²) in [5.41, 5.74) is 0. The molecule has 0 aliphatic heterocycles. The first-order chi connectivity index (χ1) is 9.04. The minimum atomic E-state index is -3.57. The Morgan fingerprint density at radius 2 is 2.21 bits per heavy atom. The Labute approximate surface area is 120 Å². The molecule has 0 unspecified atom stereocenters. The van der Waals surface area contributed by atoms with Gasteiger partial charge in [0, 0.05) is 23.4 Å². The lowest BCUT2D eigenvalue weighted by Crippen LogP contribution is -2.30. The van der Waals surface area contributed by atoms with Crippen LogP contribution >= 0.6 is 15.9 Å². The molecular weight excluding hydrogens is 332 g/mol. The Bertz CT molecular complexity index is 641. The second-order valence-electron chi connectivity index (χ2n) is 3.85. The number of aromatic nitrogens is 1. The van der Waals surface area contributed by atoms with E-state index in [1.165, 1.54) is 22.8 Å². The predicted octanol–water partition coefficient (Wildman–Crippen LogP) is 2.65. The highest BCUT2D eigenvalue weighted by Crippen LogP contribution is 2.20. The van der Waals surface area contributed by atoms with Gasteiger partial charge in [-0.05, 0) is 34.1 Å². The lowest BCUT2D eigenvalue weighted by Gasteiger charge is -2.19. The van der Waals surface area contributed by atoms with E-state index in [9.17, 15) is 8.42 Å². The molecule has 0 aliphatic carbocycles. The highest BCUT2D eigenvalue weighted by molar-refractivity contribution is 9.10. The van der Waals surface area contributed by atoms with Crippen LogP contribution in [0.5, 0.6) is 0 Å². The minimum absolute atomic E-state index is 0.162. The third-order valence-corrected chi connectivity index (χ3v) is 4.90. The smallest absolute Gasteiger partial charge is 0.245 e. The van der Waals surface area contributed by atoms with Crippen LogP contribution in [0.15, 0.2) is 50.6 Å². The summed E-state index contributed by atoms with van der Waals surface area (Å²) in [6, 6.07) is 5.01. The van der Waals surface area contributed by atoms with Gasteiger partial charge in [-0.3, -0.25) is 4.98 Å². The third-order valence-electron chi connectivity index (χ3n) is 2.58. The number of furan rings is 1. The van der Waals surface area contributed by atoms with Crippen LogP contribution in [0.25, 0.3) is 0 Å². The van der Waals surface area contributed by atoms with Crippen LogP contribution in [0.4, 0.5) is 0 Å². The highest BCUT2D eigenvalue weighted by atomic mass is 79.9. The van der Waals surface area contributed by atoms with Crippen molar-refractivity contribution >= 4 is 26.0 Å². The first-order valence-corrected chi connectivity index (χ1v) is 7.90. The molecule has 0 saturated carbocycles. The Morgan fingerprint density at radius 1 is 1.42 bits per heavy atom. The molecule has 5 nitrogen and oxygen atoms in total. The fourth-order valence-electron chi connectivity index (χ4n) is 1.63. The largest absolute Gasteiger partial charge is 0.468 e. The number of sulfonamides is 1. The van der Waals surface area contributed by atoms with Crippen molar-refractivity contribution in [1.29, 1.82) is 0 Å². The molecule has 0 saturated heterocycles. The third kappa shape index (κ3) is 3.23. The molecule has 0 radical (unpaired) electrons. The molecule has 0 N–H and O–H groups in total. The van der Waals surface area contributed by atoms with E-state index in [0.717, 1.165) is 0 Å². The zero-order valence-electron chi connectivity index (χ0n) is 10.3. The van der Waals surface area contributed by atoms with E-state index >= 15 is 0 Å². The number of hydrogen-bond acceptors (Lipinski definition) is 4. The maximum Gasteiger partial charge on any atom is 0.245 e.